The Morgan fingerprint density at radius 1 is 1.30 bits per heavy atom. The van der Waals surface area contributed by atoms with Gasteiger partial charge in [-0.2, -0.15) is 0 Å². The molecule has 126 valence electrons. The summed E-state index contributed by atoms with van der Waals surface area (Å²) >= 11 is 0. The van der Waals surface area contributed by atoms with Crippen molar-refractivity contribution in [2.45, 2.75) is 32.2 Å². The van der Waals surface area contributed by atoms with E-state index in [1.54, 1.807) is 14.1 Å². The van der Waals surface area contributed by atoms with Gasteiger partial charge in [0.2, 0.25) is 12.3 Å². The number of anilines is 2. The maximum Gasteiger partial charge on any atom is 0.242 e. The van der Waals surface area contributed by atoms with Gasteiger partial charge >= 0.3 is 0 Å². The molecule has 6 heteroatoms. The number of aldehydes is 1. The van der Waals surface area contributed by atoms with Gasteiger partial charge in [0, 0.05) is 27.6 Å². The first kappa shape index (κ1) is 18.7. The van der Waals surface area contributed by atoms with E-state index in [-0.39, 0.29) is 5.91 Å². The van der Waals surface area contributed by atoms with Crippen molar-refractivity contribution >= 4 is 30.0 Å². The Bertz CT molecular complexity index is 560. The average Bonchev–Trinajstić information content (AvgIpc) is 2.56. The second-order valence-electron chi connectivity index (χ2n) is 5.50. The van der Waals surface area contributed by atoms with E-state index >= 15 is 0 Å². The number of likely N-dealkylation sites (N-methyl/N-ethyl adjacent to an activating group) is 2. The third-order valence-corrected chi connectivity index (χ3v) is 3.92. The SMILES string of the molecule is CNC(=O)C(CCCC=O)N(C)c1cccc(C)c1N(C)C=O. The Balaban J connectivity index is 3.19. The number of aryl methyl sites for hydroxylation is 1. The summed E-state index contributed by atoms with van der Waals surface area (Å²) in [6.45, 7) is 1.92. The topological polar surface area (TPSA) is 69.7 Å². The molecule has 1 aromatic rings. The molecule has 0 saturated carbocycles. The number of carbonyl (C=O) groups is 3. The largest absolute Gasteiger partial charge is 0.361 e. The minimum atomic E-state index is -0.402. The number of hydrogen-bond donors (Lipinski definition) is 1. The Morgan fingerprint density at radius 2 is 2.00 bits per heavy atom. The highest BCUT2D eigenvalue weighted by atomic mass is 16.2. The number of para-hydroxylation sites is 1. The molecule has 1 aromatic carbocycles. The summed E-state index contributed by atoms with van der Waals surface area (Å²) in [6, 6.07) is 5.31. The molecule has 1 N–H and O–H groups in total. The van der Waals surface area contributed by atoms with E-state index in [2.05, 4.69) is 5.32 Å². The van der Waals surface area contributed by atoms with Gasteiger partial charge in [-0.05, 0) is 31.4 Å². The molecule has 2 amide bonds. The maximum atomic E-state index is 12.2. The summed E-state index contributed by atoms with van der Waals surface area (Å²) in [5.74, 6) is -0.111. The molecule has 1 rings (SSSR count). The highest BCUT2D eigenvalue weighted by Crippen LogP contribution is 2.32. The molecule has 0 fully saturated rings. The second-order valence-corrected chi connectivity index (χ2v) is 5.50. The fraction of sp³-hybridized carbons (Fsp3) is 0.471. The molecule has 0 spiro atoms. The van der Waals surface area contributed by atoms with Crippen LogP contribution in [0.4, 0.5) is 11.4 Å². The van der Waals surface area contributed by atoms with Crippen LogP contribution in [0.5, 0.6) is 0 Å². The number of unbranched alkanes of at least 4 members (excludes halogenated alkanes) is 1. The van der Waals surface area contributed by atoms with Gasteiger partial charge in [-0.1, -0.05) is 12.1 Å². The molecule has 23 heavy (non-hydrogen) atoms. The number of rotatable bonds is 9. The third kappa shape index (κ3) is 4.55. The van der Waals surface area contributed by atoms with Crippen LogP contribution < -0.4 is 15.1 Å². The van der Waals surface area contributed by atoms with Gasteiger partial charge in [-0.3, -0.25) is 9.59 Å². The molecule has 6 nitrogen and oxygen atoms in total. The molecule has 1 atom stereocenters. The molecule has 0 radical (unpaired) electrons. The van der Waals surface area contributed by atoms with Gasteiger partial charge in [0.05, 0.1) is 11.4 Å². The van der Waals surface area contributed by atoms with Crippen LogP contribution in [0.2, 0.25) is 0 Å². The fourth-order valence-corrected chi connectivity index (χ4v) is 2.67. The number of amides is 2. The molecule has 0 saturated heterocycles. The second kappa shape index (κ2) is 8.92. The van der Waals surface area contributed by atoms with Crippen molar-refractivity contribution in [3.63, 3.8) is 0 Å². The van der Waals surface area contributed by atoms with E-state index < -0.39 is 6.04 Å². The Kier molecular flexibility index (Phi) is 7.25. The van der Waals surface area contributed by atoms with Crippen molar-refractivity contribution in [2.24, 2.45) is 0 Å². The molecule has 1 unspecified atom stereocenters. The van der Waals surface area contributed by atoms with Crippen LogP contribution in [0, 0.1) is 6.92 Å². The van der Waals surface area contributed by atoms with Crippen LogP contribution in [0.3, 0.4) is 0 Å². The zero-order chi connectivity index (χ0) is 17.4. The van der Waals surface area contributed by atoms with Crippen molar-refractivity contribution in [3.05, 3.63) is 23.8 Å². The fourth-order valence-electron chi connectivity index (χ4n) is 2.67. The van der Waals surface area contributed by atoms with Gasteiger partial charge in [0.15, 0.2) is 0 Å². The van der Waals surface area contributed by atoms with E-state index in [1.165, 1.54) is 4.90 Å². The van der Waals surface area contributed by atoms with E-state index in [0.29, 0.717) is 19.3 Å². The van der Waals surface area contributed by atoms with Crippen LogP contribution in [0.1, 0.15) is 24.8 Å². The molecule has 0 aliphatic rings. The number of nitrogens with one attached hydrogen (secondary N) is 1. The van der Waals surface area contributed by atoms with Crippen molar-refractivity contribution in [3.8, 4) is 0 Å². The molecule has 0 bridgehead atoms. The van der Waals surface area contributed by atoms with Gasteiger partial charge < -0.3 is 19.9 Å². The first-order valence-corrected chi connectivity index (χ1v) is 7.63. The summed E-state index contributed by atoms with van der Waals surface area (Å²) in [6.07, 6.45) is 3.24. The van der Waals surface area contributed by atoms with Crippen LogP contribution in [-0.4, -0.2) is 45.8 Å². The van der Waals surface area contributed by atoms with Gasteiger partial charge in [-0.15, -0.1) is 0 Å². The highest BCUT2D eigenvalue weighted by molar-refractivity contribution is 5.90. The van der Waals surface area contributed by atoms with E-state index in [0.717, 1.165) is 29.6 Å². The first-order chi connectivity index (χ1) is 11.0. The summed E-state index contributed by atoms with van der Waals surface area (Å²) in [4.78, 5) is 37.3. The summed E-state index contributed by atoms with van der Waals surface area (Å²) < 4.78 is 0. The number of nitrogens with zero attached hydrogens (tertiary/aromatic N) is 2. The van der Waals surface area contributed by atoms with Crippen LogP contribution in [0.15, 0.2) is 18.2 Å². The van der Waals surface area contributed by atoms with Crippen molar-refractivity contribution in [1.29, 1.82) is 0 Å². The van der Waals surface area contributed by atoms with Crippen LogP contribution in [0.25, 0.3) is 0 Å². The molecule has 0 aliphatic carbocycles. The zero-order valence-corrected chi connectivity index (χ0v) is 14.2. The molecular formula is C17H25N3O3. The lowest BCUT2D eigenvalue weighted by Crippen LogP contribution is -2.44. The van der Waals surface area contributed by atoms with Gasteiger partial charge in [0.25, 0.3) is 0 Å². The Morgan fingerprint density at radius 3 is 2.57 bits per heavy atom. The quantitative estimate of drug-likeness (QED) is 0.553. The third-order valence-electron chi connectivity index (χ3n) is 3.92. The molecule has 0 aromatic heterocycles. The van der Waals surface area contributed by atoms with Gasteiger partial charge in [0.1, 0.15) is 12.3 Å². The average molecular weight is 319 g/mol. The van der Waals surface area contributed by atoms with Crippen LogP contribution in [-0.2, 0) is 14.4 Å². The lowest BCUT2D eigenvalue weighted by Gasteiger charge is -2.32. The Labute approximate surface area is 137 Å². The predicted molar refractivity (Wildman–Crippen MR) is 91.8 cm³/mol. The van der Waals surface area contributed by atoms with Gasteiger partial charge in [-0.25, -0.2) is 0 Å². The first-order valence-electron chi connectivity index (χ1n) is 7.63. The minimum Gasteiger partial charge on any atom is -0.361 e. The number of hydrogen-bond acceptors (Lipinski definition) is 4. The maximum absolute atomic E-state index is 12.2. The van der Waals surface area contributed by atoms with Crippen molar-refractivity contribution < 1.29 is 14.4 Å². The minimum absolute atomic E-state index is 0.111. The normalized spacial score (nSPS) is 11.5. The highest BCUT2D eigenvalue weighted by Gasteiger charge is 2.25. The Hall–Kier alpha value is -2.37. The van der Waals surface area contributed by atoms with Crippen molar-refractivity contribution in [1.82, 2.24) is 5.32 Å². The summed E-state index contributed by atoms with van der Waals surface area (Å²) in [5.41, 5.74) is 2.53. The predicted octanol–water partition coefficient (Wildman–Crippen LogP) is 1.51. The lowest BCUT2D eigenvalue weighted by atomic mass is 10.0. The molecule has 0 aliphatic heterocycles. The zero-order valence-electron chi connectivity index (χ0n) is 14.2. The molecule has 0 heterocycles. The molecular weight excluding hydrogens is 294 g/mol. The van der Waals surface area contributed by atoms with Crippen LogP contribution >= 0.6 is 0 Å². The lowest BCUT2D eigenvalue weighted by molar-refractivity contribution is -0.122. The van der Waals surface area contributed by atoms with Crippen molar-refractivity contribution in [2.75, 3.05) is 30.9 Å². The van der Waals surface area contributed by atoms with E-state index in [1.807, 2.05) is 37.1 Å². The smallest absolute Gasteiger partial charge is 0.242 e. The monoisotopic (exact) mass is 319 g/mol. The van der Waals surface area contributed by atoms with E-state index in [4.69, 9.17) is 0 Å². The summed E-state index contributed by atoms with van der Waals surface area (Å²) in [5, 5.41) is 2.67. The summed E-state index contributed by atoms with van der Waals surface area (Å²) in [7, 11) is 5.11. The standard InChI is InChI=1S/C17H25N3O3/c1-13-8-7-10-14(16(13)19(3)12-22)20(4)15(17(23)18-2)9-5-6-11-21/h7-8,10-12,15H,5-6,9H2,1-4H3,(H,18,23). The number of benzene rings is 1. The number of carbonyl (C=O) groups excluding carboxylic acids is 3. The van der Waals surface area contributed by atoms with E-state index in [9.17, 15) is 14.4 Å².